The van der Waals surface area contributed by atoms with Gasteiger partial charge in [-0.25, -0.2) is 0 Å². The van der Waals surface area contributed by atoms with Gasteiger partial charge in [0.05, 0.1) is 18.5 Å². The molecule has 1 aliphatic carbocycles. The van der Waals surface area contributed by atoms with Crippen LogP contribution >= 0.6 is 11.3 Å². The Kier molecular flexibility index (Phi) is 6.61. The third-order valence-corrected chi connectivity index (χ3v) is 11.9. The summed E-state index contributed by atoms with van der Waals surface area (Å²) < 4.78 is 15.4. The van der Waals surface area contributed by atoms with Gasteiger partial charge >= 0.3 is 0 Å². The van der Waals surface area contributed by atoms with Gasteiger partial charge in [0.1, 0.15) is 22.5 Å². The monoisotopic (exact) mass is 679 g/mol. The number of nitrogens with one attached hydrogen (secondary N) is 3. The summed E-state index contributed by atoms with van der Waals surface area (Å²) in [7, 11) is 0. The number of hydrogen-bond donors (Lipinski definition) is 3. The van der Waals surface area contributed by atoms with Gasteiger partial charge in [-0.1, -0.05) is 115 Å². The van der Waals surface area contributed by atoms with E-state index in [2.05, 4.69) is 149 Å². The molecule has 6 heteroatoms. The van der Waals surface area contributed by atoms with Crippen molar-refractivity contribution in [3.63, 3.8) is 0 Å². The standard InChI is InChI=1S/C45H33N3O2S/c1-2-10-26(11-3-1)43-46-44(48-45(47-43)28-20-22-31-29-12-4-6-17-36(29)49-38(31)25-28)27-21-23-39-35(24-27)41-32(14-9-19-40(41)51-39)34-16-8-15-33-30-13-5-7-18-37(30)50-42(33)34/h1-24,28,43-48H,25H2. The first-order valence-electron chi connectivity index (χ1n) is 17.6. The minimum absolute atomic E-state index is 0.00947. The van der Waals surface area contributed by atoms with Gasteiger partial charge < -0.3 is 8.83 Å². The lowest BCUT2D eigenvalue weighted by Gasteiger charge is -2.42. The van der Waals surface area contributed by atoms with Gasteiger partial charge in [-0.15, -0.1) is 11.3 Å². The molecule has 1 aliphatic heterocycles. The molecule has 3 N–H and O–H groups in total. The molecule has 5 nitrogen and oxygen atoms in total. The van der Waals surface area contributed by atoms with Gasteiger partial charge in [-0.2, -0.15) is 0 Å². The fourth-order valence-electron chi connectivity index (χ4n) is 8.34. The Labute approximate surface area is 298 Å². The predicted molar refractivity (Wildman–Crippen MR) is 210 cm³/mol. The minimum atomic E-state index is -0.0859. The van der Waals surface area contributed by atoms with Crippen LogP contribution in [-0.4, -0.2) is 6.17 Å². The van der Waals surface area contributed by atoms with E-state index in [4.69, 9.17) is 8.83 Å². The lowest BCUT2D eigenvalue weighted by Crippen LogP contribution is -2.61. The van der Waals surface area contributed by atoms with Crippen molar-refractivity contribution in [3.8, 4) is 11.1 Å². The maximum atomic E-state index is 6.52. The number of thiophene rings is 1. The Bertz CT molecular complexity index is 2810. The molecular weight excluding hydrogens is 647 g/mol. The first-order valence-corrected chi connectivity index (χ1v) is 18.4. The van der Waals surface area contributed by atoms with E-state index in [9.17, 15) is 0 Å². The van der Waals surface area contributed by atoms with Gasteiger partial charge in [0.2, 0.25) is 0 Å². The summed E-state index contributed by atoms with van der Waals surface area (Å²) in [5.41, 5.74) is 8.74. The molecule has 0 amide bonds. The fourth-order valence-corrected chi connectivity index (χ4v) is 9.45. The second-order valence-corrected chi connectivity index (χ2v) is 14.8. The van der Waals surface area contributed by atoms with Crippen molar-refractivity contribution in [2.75, 3.05) is 0 Å². The lowest BCUT2D eigenvalue weighted by atomic mass is 9.90. The summed E-state index contributed by atoms with van der Waals surface area (Å²) in [4.78, 5) is 0. The molecule has 4 unspecified atom stereocenters. The third kappa shape index (κ3) is 4.72. The van der Waals surface area contributed by atoms with Gasteiger partial charge in [0.25, 0.3) is 0 Å². The normalized spacial score (nSPS) is 20.5. The molecule has 9 aromatic rings. The molecule has 246 valence electrons. The summed E-state index contributed by atoms with van der Waals surface area (Å²) >= 11 is 1.85. The summed E-state index contributed by atoms with van der Waals surface area (Å²) in [5.74, 6) is 1.26. The van der Waals surface area contributed by atoms with Crippen LogP contribution in [0.2, 0.25) is 0 Å². The van der Waals surface area contributed by atoms with E-state index in [1.165, 1.54) is 47.8 Å². The molecule has 0 radical (unpaired) electrons. The van der Waals surface area contributed by atoms with Gasteiger partial charge in [0, 0.05) is 59.8 Å². The third-order valence-electron chi connectivity index (χ3n) is 10.8. The summed E-state index contributed by atoms with van der Waals surface area (Å²) in [6, 6.07) is 47.5. The molecule has 2 aliphatic rings. The molecule has 1 saturated heterocycles. The fraction of sp³-hybridized carbons (Fsp3) is 0.111. The van der Waals surface area contributed by atoms with Crippen molar-refractivity contribution in [3.05, 3.63) is 162 Å². The van der Waals surface area contributed by atoms with Crippen LogP contribution in [0, 0.1) is 5.92 Å². The highest BCUT2D eigenvalue weighted by atomic mass is 32.1. The Hall–Kier alpha value is -5.50. The lowest BCUT2D eigenvalue weighted by molar-refractivity contribution is 0.167. The molecule has 0 bridgehead atoms. The van der Waals surface area contributed by atoms with Crippen LogP contribution in [0.3, 0.4) is 0 Å². The predicted octanol–water partition coefficient (Wildman–Crippen LogP) is 11.1. The summed E-state index contributed by atoms with van der Waals surface area (Å²) in [6.45, 7) is 0. The van der Waals surface area contributed by atoms with Crippen molar-refractivity contribution in [1.29, 1.82) is 0 Å². The molecule has 3 aromatic heterocycles. The molecule has 6 aromatic carbocycles. The van der Waals surface area contributed by atoms with Crippen LogP contribution < -0.4 is 16.0 Å². The Balaban J connectivity index is 1.01. The highest BCUT2D eigenvalue weighted by Crippen LogP contribution is 2.44. The van der Waals surface area contributed by atoms with Crippen LogP contribution in [0.4, 0.5) is 0 Å². The molecule has 0 saturated carbocycles. The molecule has 0 spiro atoms. The number of rotatable bonds is 4. The number of furan rings is 2. The molecule has 4 heterocycles. The van der Waals surface area contributed by atoms with E-state index in [1.54, 1.807) is 0 Å². The smallest absolute Gasteiger partial charge is 0.143 e. The van der Waals surface area contributed by atoms with E-state index < -0.39 is 0 Å². The quantitative estimate of drug-likeness (QED) is 0.173. The van der Waals surface area contributed by atoms with E-state index >= 15 is 0 Å². The zero-order valence-corrected chi connectivity index (χ0v) is 28.4. The topological polar surface area (TPSA) is 62.4 Å². The van der Waals surface area contributed by atoms with Crippen molar-refractivity contribution >= 4 is 70.5 Å². The number of hydrogen-bond acceptors (Lipinski definition) is 6. The summed E-state index contributed by atoms with van der Waals surface area (Å²) in [6.07, 6.45) is 5.31. The molecule has 51 heavy (non-hydrogen) atoms. The van der Waals surface area contributed by atoms with Crippen molar-refractivity contribution in [2.24, 2.45) is 5.92 Å². The van der Waals surface area contributed by atoms with Crippen LogP contribution in [0.1, 0.15) is 34.8 Å². The first kappa shape index (κ1) is 29.3. The van der Waals surface area contributed by atoms with Crippen LogP contribution in [-0.2, 0) is 6.42 Å². The SMILES string of the molecule is C1=CC(C2NC(c3ccccc3)NC(c3ccc4sc5cccc(-c6cccc7c6oc6ccccc67)c5c4c3)N2)Cc2oc3ccccc3c21. The van der Waals surface area contributed by atoms with Crippen LogP contribution in [0.25, 0.3) is 70.3 Å². The maximum Gasteiger partial charge on any atom is 0.143 e. The number of fused-ring (bicyclic) bond motifs is 9. The zero-order valence-electron chi connectivity index (χ0n) is 27.6. The Morgan fingerprint density at radius 3 is 2.16 bits per heavy atom. The highest BCUT2D eigenvalue weighted by Gasteiger charge is 2.35. The molecule has 4 atom stereocenters. The van der Waals surface area contributed by atoms with Crippen molar-refractivity contribution < 1.29 is 8.83 Å². The zero-order chi connectivity index (χ0) is 33.5. The summed E-state index contributed by atoms with van der Waals surface area (Å²) in [5, 5.41) is 17.8. The average molecular weight is 680 g/mol. The van der Waals surface area contributed by atoms with E-state index in [1.807, 2.05) is 23.5 Å². The minimum Gasteiger partial charge on any atom is -0.460 e. The van der Waals surface area contributed by atoms with Gasteiger partial charge in [0.15, 0.2) is 0 Å². The van der Waals surface area contributed by atoms with Crippen molar-refractivity contribution in [1.82, 2.24) is 16.0 Å². The van der Waals surface area contributed by atoms with E-state index in [0.29, 0.717) is 0 Å². The average Bonchev–Trinajstić information content (AvgIpc) is 3.88. The number of benzene rings is 6. The van der Waals surface area contributed by atoms with Gasteiger partial charge in [-0.3, -0.25) is 16.0 Å². The van der Waals surface area contributed by atoms with E-state index in [-0.39, 0.29) is 24.4 Å². The molecular formula is C45H33N3O2S. The Morgan fingerprint density at radius 1 is 0.549 bits per heavy atom. The highest BCUT2D eigenvalue weighted by molar-refractivity contribution is 7.25. The van der Waals surface area contributed by atoms with Crippen molar-refractivity contribution in [2.45, 2.75) is 24.9 Å². The van der Waals surface area contributed by atoms with Gasteiger partial charge in [-0.05, 0) is 47.0 Å². The maximum absolute atomic E-state index is 6.52. The largest absolute Gasteiger partial charge is 0.460 e. The van der Waals surface area contributed by atoms with Crippen LogP contribution in [0.5, 0.6) is 0 Å². The van der Waals surface area contributed by atoms with Crippen LogP contribution in [0.15, 0.2) is 148 Å². The second kappa shape index (κ2) is 11.5. The molecule has 11 rings (SSSR count). The van der Waals surface area contributed by atoms with E-state index in [0.717, 1.165) is 45.3 Å². The first-order chi connectivity index (χ1) is 25.2. The molecule has 1 fully saturated rings. The Morgan fingerprint density at radius 2 is 1.27 bits per heavy atom. The number of para-hydroxylation sites is 3. The second-order valence-electron chi connectivity index (χ2n) is 13.7.